The molecular weight excluding hydrogens is 254 g/mol. The van der Waals surface area contributed by atoms with Gasteiger partial charge in [0, 0.05) is 17.8 Å². The second kappa shape index (κ2) is 6.61. The highest BCUT2D eigenvalue weighted by Gasteiger charge is 2.01. The van der Waals surface area contributed by atoms with Gasteiger partial charge in [0.05, 0.1) is 19.4 Å². The highest BCUT2D eigenvalue weighted by molar-refractivity contribution is 5.85. The summed E-state index contributed by atoms with van der Waals surface area (Å²) in [7, 11) is 1.62. The van der Waals surface area contributed by atoms with E-state index in [2.05, 4.69) is 4.99 Å². The van der Waals surface area contributed by atoms with Crippen molar-refractivity contribution in [1.82, 2.24) is 0 Å². The van der Waals surface area contributed by atoms with E-state index in [9.17, 15) is 5.11 Å². The lowest BCUT2D eigenvalue weighted by atomic mass is 10.2. The lowest BCUT2D eigenvalue weighted by molar-refractivity contribution is 0.337. The zero-order valence-corrected chi connectivity index (χ0v) is 11.5. The zero-order valence-electron chi connectivity index (χ0n) is 11.5. The molecule has 104 valence electrons. The molecular formula is C16H17NO3. The number of aromatic hydroxyl groups is 1. The Kier molecular flexibility index (Phi) is 4.60. The van der Waals surface area contributed by atoms with E-state index < -0.39 is 0 Å². The van der Waals surface area contributed by atoms with Crippen LogP contribution >= 0.6 is 0 Å². The maximum atomic E-state index is 9.89. The summed E-state index contributed by atoms with van der Waals surface area (Å²) in [6.07, 6.45) is 1.62. The summed E-state index contributed by atoms with van der Waals surface area (Å²) in [6.45, 7) is 2.47. The van der Waals surface area contributed by atoms with Crippen molar-refractivity contribution < 1.29 is 14.6 Å². The van der Waals surface area contributed by atoms with Crippen LogP contribution in [-0.2, 0) is 0 Å². The van der Waals surface area contributed by atoms with E-state index in [0.29, 0.717) is 17.9 Å². The van der Waals surface area contributed by atoms with Crippen LogP contribution in [0.4, 0.5) is 5.69 Å². The molecule has 2 aromatic rings. The maximum Gasteiger partial charge on any atom is 0.128 e. The molecule has 0 saturated carbocycles. The molecule has 1 N–H and O–H groups in total. The van der Waals surface area contributed by atoms with Crippen LogP contribution in [0.1, 0.15) is 12.5 Å². The predicted molar refractivity (Wildman–Crippen MR) is 79.5 cm³/mol. The Bertz CT molecular complexity index is 591. The van der Waals surface area contributed by atoms with Gasteiger partial charge in [0.1, 0.15) is 17.2 Å². The fourth-order valence-corrected chi connectivity index (χ4v) is 1.70. The molecule has 0 heterocycles. The summed E-state index contributed by atoms with van der Waals surface area (Å²) in [5.74, 6) is 1.58. The maximum absolute atomic E-state index is 9.89. The molecule has 0 aliphatic rings. The largest absolute Gasteiger partial charge is 0.507 e. The molecule has 0 aliphatic carbocycles. The fourth-order valence-electron chi connectivity index (χ4n) is 1.70. The summed E-state index contributed by atoms with van der Waals surface area (Å²) in [5.41, 5.74) is 1.43. The minimum absolute atomic E-state index is 0.146. The van der Waals surface area contributed by atoms with E-state index in [4.69, 9.17) is 9.47 Å². The molecule has 0 aromatic heterocycles. The number of hydrogen-bond acceptors (Lipinski definition) is 4. The average molecular weight is 271 g/mol. The molecule has 0 unspecified atom stereocenters. The molecule has 0 amide bonds. The Morgan fingerprint density at radius 1 is 1.10 bits per heavy atom. The van der Waals surface area contributed by atoms with Gasteiger partial charge in [-0.3, -0.25) is 4.99 Å². The van der Waals surface area contributed by atoms with Crippen LogP contribution in [0.3, 0.4) is 0 Å². The molecule has 0 spiro atoms. The molecule has 0 atom stereocenters. The van der Waals surface area contributed by atoms with Gasteiger partial charge in [0.2, 0.25) is 0 Å². The summed E-state index contributed by atoms with van der Waals surface area (Å²) in [4.78, 5) is 4.31. The number of benzene rings is 2. The number of ether oxygens (including phenoxy) is 2. The van der Waals surface area contributed by atoms with E-state index in [1.807, 2.05) is 31.2 Å². The summed E-state index contributed by atoms with van der Waals surface area (Å²) < 4.78 is 10.4. The van der Waals surface area contributed by atoms with Crippen LogP contribution in [0.15, 0.2) is 47.5 Å². The van der Waals surface area contributed by atoms with E-state index >= 15 is 0 Å². The van der Waals surface area contributed by atoms with Crippen LogP contribution in [0.2, 0.25) is 0 Å². The van der Waals surface area contributed by atoms with Gasteiger partial charge in [0.25, 0.3) is 0 Å². The number of methoxy groups -OCH3 is 1. The molecule has 2 rings (SSSR count). The Hall–Kier alpha value is -2.49. The average Bonchev–Trinajstić information content (AvgIpc) is 2.47. The van der Waals surface area contributed by atoms with Gasteiger partial charge in [-0.25, -0.2) is 0 Å². The molecule has 4 heteroatoms. The van der Waals surface area contributed by atoms with Crippen LogP contribution in [0, 0.1) is 0 Å². The highest BCUT2D eigenvalue weighted by atomic mass is 16.5. The quantitative estimate of drug-likeness (QED) is 0.846. The molecule has 0 bridgehead atoms. The molecule has 0 radical (unpaired) electrons. The molecule has 2 aromatic carbocycles. The van der Waals surface area contributed by atoms with Gasteiger partial charge in [-0.1, -0.05) is 0 Å². The lowest BCUT2D eigenvalue weighted by Crippen LogP contribution is -1.92. The van der Waals surface area contributed by atoms with Crippen LogP contribution in [0.5, 0.6) is 17.2 Å². The third-order valence-electron chi connectivity index (χ3n) is 2.74. The van der Waals surface area contributed by atoms with Gasteiger partial charge in [0.15, 0.2) is 0 Å². The topological polar surface area (TPSA) is 51.0 Å². The predicted octanol–water partition coefficient (Wildman–Crippen LogP) is 3.55. The normalized spacial score (nSPS) is 10.7. The Morgan fingerprint density at radius 3 is 2.40 bits per heavy atom. The first-order valence-electron chi connectivity index (χ1n) is 6.37. The van der Waals surface area contributed by atoms with Crippen molar-refractivity contribution in [2.45, 2.75) is 6.92 Å². The number of hydrogen-bond donors (Lipinski definition) is 1. The Morgan fingerprint density at radius 2 is 1.80 bits per heavy atom. The third kappa shape index (κ3) is 3.51. The zero-order chi connectivity index (χ0) is 14.4. The number of aliphatic imine (C=N–C) groups is 1. The summed E-state index contributed by atoms with van der Waals surface area (Å²) >= 11 is 0. The van der Waals surface area contributed by atoms with Crippen molar-refractivity contribution in [1.29, 1.82) is 0 Å². The molecule has 0 aliphatic heterocycles. The minimum atomic E-state index is 0.146. The van der Waals surface area contributed by atoms with E-state index in [1.54, 1.807) is 31.5 Å². The first-order chi connectivity index (χ1) is 9.72. The molecule has 20 heavy (non-hydrogen) atoms. The number of phenolic OH excluding ortho intramolecular Hbond substituents is 1. The second-order valence-electron chi connectivity index (χ2n) is 4.11. The monoisotopic (exact) mass is 271 g/mol. The van der Waals surface area contributed by atoms with Gasteiger partial charge in [-0.15, -0.1) is 0 Å². The smallest absolute Gasteiger partial charge is 0.128 e. The van der Waals surface area contributed by atoms with Crippen molar-refractivity contribution >= 4 is 11.9 Å². The van der Waals surface area contributed by atoms with Gasteiger partial charge in [-0.2, -0.15) is 0 Å². The van der Waals surface area contributed by atoms with E-state index in [1.165, 1.54) is 0 Å². The van der Waals surface area contributed by atoms with Crippen molar-refractivity contribution in [3.05, 3.63) is 48.0 Å². The first-order valence-corrected chi connectivity index (χ1v) is 6.37. The number of rotatable bonds is 5. The fraction of sp³-hybridized carbons (Fsp3) is 0.188. The van der Waals surface area contributed by atoms with Gasteiger partial charge < -0.3 is 14.6 Å². The van der Waals surface area contributed by atoms with Crippen LogP contribution < -0.4 is 9.47 Å². The number of phenols is 1. The highest BCUT2D eigenvalue weighted by Crippen LogP contribution is 2.23. The number of nitrogens with zero attached hydrogens (tertiary/aromatic N) is 1. The van der Waals surface area contributed by atoms with Crippen LogP contribution in [-0.4, -0.2) is 25.0 Å². The summed E-state index contributed by atoms with van der Waals surface area (Å²) in [6, 6.07) is 12.5. The SMILES string of the molecule is CCOc1ccc(C=Nc2ccc(OC)cc2)c(O)c1. The van der Waals surface area contributed by atoms with E-state index in [-0.39, 0.29) is 5.75 Å². The van der Waals surface area contributed by atoms with E-state index in [0.717, 1.165) is 11.4 Å². The van der Waals surface area contributed by atoms with Crippen LogP contribution in [0.25, 0.3) is 0 Å². The third-order valence-corrected chi connectivity index (χ3v) is 2.74. The van der Waals surface area contributed by atoms with Gasteiger partial charge in [-0.05, 0) is 43.3 Å². The van der Waals surface area contributed by atoms with Crippen molar-refractivity contribution in [3.63, 3.8) is 0 Å². The van der Waals surface area contributed by atoms with Crippen molar-refractivity contribution in [2.24, 2.45) is 4.99 Å². The first kappa shape index (κ1) is 13.9. The minimum Gasteiger partial charge on any atom is -0.507 e. The Labute approximate surface area is 118 Å². The summed E-state index contributed by atoms with van der Waals surface area (Å²) in [5, 5.41) is 9.89. The molecule has 0 saturated heterocycles. The standard InChI is InChI=1S/C16H17NO3/c1-3-20-15-7-4-12(16(18)10-15)11-17-13-5-8-14(19-2)9-6-13/h4-11,18H,3H2,1-2H3. The Balaban J connectivity index is 2.13. The van der Waals surface area contributed by atoms with Gasteiger partial charge >= 0.3 is 0 Å². The second-order valence-corrected chi connectivity index (χ2v) is 4.11. The molecule has 4 nitrogen and oxygen atoms in total. The lowest BCUT2D eigenvalue weighted by Gasteiger charge is -2.05. The molecule has 0 fully saturated rings. The van der Waals surface area contributed by atoms with Crippen molar-refractivity contribution in [2.75, 3.05) is 13.7 Å². The van der Waals surface area contributed by atoms with Crippen molar-refractivity contribution in [3.8, 4) is 17.2 Å².